The molecule has 126 valence electrons. The van der Waals surface area contributed by atoms with Crippen molar-refractivity contribution in [1.29, 1.82) is 0 Å². The van der Waals surface area contributed by atoms with Crippen LogP contribution in [0.2, 0.25) is 0 Å². The predicted molar refractivity (Wildman–Crippen MR) is 100.0 cm³/mol. The molecule has 0 bridgehead atoms. The molecule has 4 heteroatoms. The van der Waals surface area contributed by atoms with E-state index in [9.17, 15) is 4.79 Å². The van der Waals surface area contributed by atoms with E-state index < -0.39 is 0 Å². The Balaban J connectivity index is 1.35. The predicted octanol–water partition coefficient (Wildman–Crippen LogP) is 1.89. The highest BCUT2D eigenvalue weighted by molar-refractivity contribution is 7.99. The van der Waals surface area contributed by atoms with E-state index in [4.69, 9.17) is 0 Å². The van der Waals surface area contributed by atoms with Gasteiger partial charge in [-0.2, -0.15) is 0 Å². The number of carbonyl (C=O) groups is 1. The van der Waals surface area contributed by atoms with Crippen LogP contribution in [-0.2, 0) is 17.1 Å². The second-order valence-electron chi connectivity index (χ2n) is 6.40. The summed E-state index contributed by atoms with van der Waals surface area (Å²) in [7, 11) is 0. The summed E-state index contributed by atoms with van der Waals surface area (Å²) >= 11 is 1.68. The fraction of sp³-hybridized carbons (Fsp3) is 0.350. The molecule has 3 nitrogen and oxygen atoms in total. The van der Waals surface area contributed by atoms with E-state index in [1.54, 1.807) is 16.7 Å². The first-order valence-electron chi connectivity index (χ1n) is 8.58. The van der Waals surface area contributed by atoms with Crippen LogP contribution in [-0.4, -0.2) is 30.8 Å². The molecule has 0 radical (unpaired) electrons. The van der Waals surface area contributed by atoms with Crippen molar-refractivity contribution in [3.05, 3.63) is 71.8 Å². The summed E-state index contributed by atoms with van der Waals surface area (Å²) in [6.45, 7) is 3.22. The minimum atomic E-state index is 0.168. The number of quaternary nitrogens is 1. The minimum Gasteiger partial charge on any atom is -0.347 e. The van der Waals surface area contributed by atoms with E-state index in [2.05, 4.69) is 47.8 Å². The van der Waals surface area contributed by atoms with Crippen molar-refractivity contribution >= 4 is 17.7 Å². The molecule has 3 rings (SSSR count). The highest BCUT2D eigenvalue weighted by atomic mass is 32.2. The molecule has 0 spiro atoms. The maximum Gasteiger partial charge on any atom is 0.230 e. The highest BCUT2D eigenvalue weighted by Crippen LogP contribution is 2.11. The number of likely N-dealkylation sites (tertiary alicyclic amines) is 1. The molecule has 1 amide bonds. The smallest absolute Gasteiger partial charge is 0.230 e. The summed E-state index contributed by atoms with van der Waals surface area (Å²) in [4.78, 5) is 13.7. The number of carbonyl (C=O) groups excluding carboxylic acids is 1. The van der Waals surface area contributed by atoms with Crippen LogP contribution >= 0.6 is 11.8 Å². The number of amides is 1. The average Bonchev–Trinajstić information content (AvgIpc) is 3.03. The summed E-state index contributed by atoms with van der Waals surface area (Å²) < 4.78 is 0. The molecule has 2 aromatic rings. The van der Waals surface area contributed by atoms with E-state index in [-0.39, 0.29) is 5.91 Å². The van der Waals surface area contributed by atoms with Gasteiger partial charge in [-0.15, -0.1) is 11.8 Å². The van der Waals surface area contributed by atoms with Crippen molar-refractivity contribution in [3.63, 3.8) is 0 Å². The molecule has 0 aliphatic carbocycles. The van der Waals surface area contributed by atoms with Gasteiger partial charge in [-0.05, 0) is 5.56 Å². The SMILES string of the molecule is O=C(CSCc1ccccc1)N[C@@H]1CC[NH+](Cc2ccccc2)C1. The van der Waals surface area contributed by atoms with Crippen molar-refractivity contribution in [2.24, 2.45) is 0 Å². The summed E-state index contributed by atoms with van der Waals surface area (Å²) in [6, 6.07) is 21.2. The lowest BCUT2D eigenvalue weighted by Crippen LogP contribution is -3.09. The van der Waals surface area contributed by atoms with Crippen molar-refractivity contribution in [1.82, 2.24) is 5.32 Å². The van der Waals surface area contributed by atoms with Gasteiger partial charge in [0.1, 0.15) is 6.54 Å². The standard InChI is InChI=1S/C20H24N2OS/c23-20(16-24-15-18-9-5-2-6-10-18)21-19-11-12-22(14-19)13-17-7-3-1-4-8-17/h1-10,19H,11-16H2,(H,21,23)/p+1/t19-/m1/s1. The Bertz CT molecular complexity index is 633. The van der Waals surface area contributed by atoms with Crippen LogP contribution in [0.1, 0.15) is 17.5 Å². The molecule has 1 aliphatic heterocycles. The molecule has 0 aromatic heterocycles. The first kappa shape index (κ1) is 17.1. The summed E-state index contributed by atoms with van der Waals surface area (Å²) in [5.41, 5.74) is 2.65. The molecule has 1 saturated heterocycles. The van der Waals surface area contributed by atoms with Gasteiger partial charge in [0.15, 0.2) is 0 Å². The fourth-order valence-electron chi connectivity index (χ4n) is 3.20. The second-order valence-corrected chi connectivity index (χ2v) is 7.38. The monoisotopic (exact) mass is 341 g/mol. The van der Waals surface area contributed by atoms with Crippen LogP contribution in [0.5, 0.6) is 0 Å². The maximum absolute atomic E-state index is 12.1. The summed E-state index contributed by atoms with van der Waals surface area (Å²) in [5.74, 6) is 1.60. The lowest BCUT2D eigenvalue weighted by Gasteiger charge is -2.14. The number of benzene rings is 2. The topological polar surface area (TPSA) is 33.5 Å². The Labute approximate surface area is 148 Å². The summed E-state index contributed by atoms with van der Waals surface area (Å²) in [5, 5.41) is 3.20. The van der Waals surface area contributed by atoms with E-state index in [0.717, 1.165) is 31.8 Å². The Kier molecular flexibility index (Phi) is 6.33. The van der Waals surface area contributed by atoms with E-state index in [1.165, 1.54) is 11.1 Å². The van der Waals surface area contributed by atoms with Crippen LogP contribution in [0.15, 0.2) is 60.7 Å². The molecular weight excluding hydrogens is 316 g/mol. The average molecular weight is 342 g/mol. The van der Waals surface area contributed by atoms with Gasteiger partial charge in [0.05, 0.1) is 24.9 Å². The van der Waals surface area contributed by atoms with Gasteiger partial charge in [-0.3, -0.25) is 4.79 Å². The zero-order chi connectivity index (χ0) is 16.6. The van der Waals surface area contributed by atoms with Gasteiger partial charge in [-0.1, -0.05) is 60.7 Å². The third-order valence-electron chi connectivity index (χ3n) is 4.39. The maximum atomic E-state index is 12.1. The van der Waals surface area contributed by atoms with Crippen molar-refractivity contribution in [2.45, 2.75) is 24.8 Å². The van der Waals surface area contributed by atoms with E-state index >= 15 is 0 Å². The Morgan fingerprint density at radius 1 is 1.04 bits per heavy atom. The van der Waals surface area contributed by atoms with E-state index in [0.29, 0.717) is 11.8 Å². The summed E-state index contributed by atoms with van der Waals surface area (Å²) in [6.07, 6.45) is 1.08. The van der Waals surface area contributed by atoms with Crippen LogP contribution in [0.4, 0.5) is 0 Å². The number of nitrogens with one attached hydrogen (secondary N) is 2. The Morgan fingerprint density at radius 2 is 1.71 bits per heavy atom. The number of hydrogen-bond acceptors (Lipinski definition) is 2. The first-order chi connectivity index (χ1) is 11.8. The van der Waals surface area contributed by atoms with Gasteiger partial charge in [-0.25, -0.2) is 0 Å². The Morgan fingerprint density at radius 3 is 2.42 bits per heavy atom. The van der Waals surface area contributed by atoms with Crippen LogP contribution < -0.4 is 10.2 Å². The molecule has 1 heterocycles. The largest absolute Gasteiger partial charge is 0.347 e. The normalized spacial score (nSPS) is 20.0. The van der Waals surface area contributed by atoms with Gasteiger partial charge >= 0.3 is 0 Å². The first-order valence-corrected chi connectivity index (χ1v) is 9.73. The van der Waals surface area contributed by atoms with Crippen LogP contribution in [0.3, 0.4) is 0 Å². The van der Waals surface area contributed by atoms with Crippen LogP contribution in [0.25, 0.3) is 0 Å². The number of thioether (sulfide) groups is 1. The van der Waals surface area contributed by atoms with Crippen molar-refractivity contribution in [3.8, 4) is 0 Å². The van der Waals surface area contributed by atoms with Crippen molar-refractivity contribution < 1.29 is 9.69 Å². The van der Waals surface area contributed by atoms with Crippen LogP contribution in [0, 0.1) is 0 Å². The molecule has 2 N–H and O–H groups in total. The lowest BCUT2D eigenvalue weighted by molar-refractivity contribution is -0.901. The molecule has 1 aliphatic rings. The van der Waals surface area contributed by atoms with Gasteiger partial charge in [0.2, 0.25) is 5.91 Å². The molecule has 24 heavy (non-hydrogen) atoms. The minimum absolute atomic E-state index is 0.168. The third-order valence-corrected chi connectivity index (χ3v) is 5.39. The fourth-order valence-corrected chi connectivity index (χ4v) is 4.00. The van der Waals surface area contributed by atoms with E-state index in [1.807, 2.05) is 18.2 Å². The highest BCUT2D eigenvalue weighted by Gasteiger charge is 2.27. The Hall–Kier alpha value is -1.78. The van der Waals surface area contributed by atoms with Gasteiger partial charge in [0.25, 0.3) is 0 Å². The molecule has 0 saturated carbocycles. The molecule has 1 fully saturated rings. The van der Waals surface area contributed by atoms with Crippen molar-refractivity contribution in [2.75, 3.05) is 18.8 Å². The quantitative estimate of drug-likeness (QED) is 0.806. The number of rotatable bonds is 7. The molecule has 1 unspecified atom stereocenters. The molecule has 2 aromatic carbocycles. The molecular formula is C20H25N2OS+. The molecule has 2 atom stereocenters. The third kappa shape index (κ3) is 5.39. The number of hydrogen-bond donors (Lipinski definition) is 2. The second kappa shape index (κ2) is 8.90. The van der Waals surface area contributed by atoms with Gasteiger partial charge < -0.3 is 10.2 Å². The van der Waals surface area contributed by atoms with Gasteiger partial charge in [0, 0.05) is 17.7 Å². The zero-order valence-corrected chi connectivity index (χ0v) is 14.7. The zero-order valence-electron chi connectivity index (χ0n) is 13.9. The lowest BCUT2D eigenvalue weighted by atomic mass is 10.2.